The number of ether oxygens (including phenoxy) is 1. The molecule has 1 aromatic rings. The van der Waals surface area contributed by atoms with Crippen molar-refractivity contribution < 1.29 is 21.6 Å². The van der Waals surface area contributed by atoms with E-state index in [4.69, 9.17) is 4.74 Å². The highest BCUT2D eigenvalue weighted by Gasteiger charge is 2.19. The van der Waals surface area contributed by atoms with Crippen molar-refractivity contribution in [1.82, 2.24) is 0 Å². The van der Waals surface area contributed by atoms with Crippen LogP contribution < -0.4 is 5.32 Å². The van der Waals surface area contributed by atoms with E-state index in [0.29, 0.717) is 12.2 Å². The third-order valence-corrected chi connectivity index (χ3v) is 5.83. The second-order valence-electron chi connectivity index (χ2n) is 5.55. The highest BCUT2D eigenvalue weighted by atomic mass is 32.2. The molecule has 1 saturated heterocycles. The van der Waals surface area contributed by atoms with Gasteiger partial charge in [-0.2, -0.15) is 0 Å². The molecule has 1 heterocycles. The molecule has 6 nitrogen and oxygen atoms in total. The lowest BCUT2D eigenvalue weighted by atomic mass is 10.2. The molecule has 1 aromatic carbocycles. The molecule has 0 unspecified atom stereocenters. The number of nitrogens with one attached hydrogen (secondary N) is 1. The van der Waals surface area contributed by atoms with Crippen LogP contribution in [0.2, 0.25) is 0 Å². The molecule has 0 amide bonds. The number of hydrogen-bond acceptors (Lipinski definition) is 6. The Morgan fingerprint density at radius 3 is 2.45 bits per heavy atom. The molecule has 2 rings (SSSR count). The smallest absolute Gasteiger partial charge is 0.177 e. The van der Waals surface area contributed by atoms with Gasteiger partial charge in [0.05, 0.1) is 21.6 Å². The zero-order chi connectivity index (χ0) is 16.4. The Labute approximate surface area is 131 Å². The normalized spacial score (nSPS) is 19.3. The van der Waals surface area contributed by atoms with Crippen molar-refractivity contribution in [2.75, 3.05) is 31.0 Å². The lowest BCUT2D eigenvalue weighted by molar-refractivity contribution is 0.107. The quantitative estimate of drug-likeness (QED) is 0.838. The van der Waals surface area contributed by atoms with Gasteiger partial charge in [0.25, 0.3) is 0 Å². The fraction of sp³-hybridized carbons (Fsp3) is 0.571. The summed E-state index contributed by atoms with van der Waals surface area (Å²) in [5, 5.41) is 3.07. The maximum absolute atomic E-state index is 11.9. The van der Waals surface area contributed by atoms with Crippen molar-refractivity contribution >= 4 is 25.4 Å². The molecule has 0 aliphatic carbocycles. The molecule has 0 radical (unpaired) electrons. The van der Waals surface area contributed by atoms with E-state index in [1.807, 2.05) is 0 Å². The highest BCUT2D eigenvalue weighted by molar-refractivity contribution is 7.91. The lowest BCUT2D eigenvalue weighted by Crippen LogP contribution is -2.14. The summed E-state index contributed by atoms with van der Waals surface area (Å²) >= 11 is 0. The van der Waals surface area contributed by atoms with Crippen LogP contribution in [-0.4, -0.2) is 48.6 Å². The van der Waals surface area contributed by atoms with Crippen LogP contribution in [0, 0.1) is 0 Å². The fourth-order valence-electron chi connectivity index (χ4n) is 2.43. The molecular formula is C14H21NO5S2. The van der Waals surface area contributed by atoms with E-state index in [-0.39, 0.29) is 15.9 Å². The highest BCUT2D eigenvalue weighted by Crippen LogP contribution is 2.25. The van der Waals surface area contributed by atoms with Crippen LogP contribution in [-0.2, 0) is 24.4 Å². The van der Waals surface area contributed by atoms with Crippen molar-refractivity contribution in [2.45, 2.75) is 35.2 Å². The first-order valence-electron chi connectivity index (χ1n) is 7.07. The standard InChI is InChI=1S/C14H21NO5S2/c1-21(16,17)12-5-6-13(14(10-12)22(2,18)19)15-8-7-11-4-3-9-20-11/h5-6,10-11,15H,3-4,7-9H2,1-2H3/t11-/m0/s1. The summed E-state index contributed by atoms with van der Waals surface area (Å²) in [5.74, 6) is 0. The SMILES string of the molecule is CS(=O)(=O)c1ccc(NCC[C@@H]2CCCO2)c(S(C)(=O)=O)c1. The Morgan fingerprint density at radius 2 is 1.91 bits per heavy atom. The third-order valence-electron chi connectivity index (χ3n) is 3.59. The first-order valence-corrected chi connectivity index (χ1v) is 10.9. The molecule has 0 spiro atoms. The van der Waals surface area contributed by atoms with Gasteiger partial charge in [-0.1, -0.05) is 0 Å². The van der Waals surface area contributed by atoms with Gasteiger partial charge in [0.1, 0.15) is 0 Å². The third kappa shape index (κ3) is 4.44. The van der Waals surface area contributed by atoms with Gasteiger partial charge in [-0.3, -0.25) is 0 Å². The fourth-order valence-corrected chi connectivity index (χ4v) is 4.03. The van der Waals surface area contributed by atoms with Crippen LogP contribution in [0.3, 0.4) is 0 Å². The van der Waals surface area contributed by atoms with Crippen LogP contribution >= 0.6 is 0 Å². The Morgan fingerprint density at radius 1 is 1.18 bits per heavy atom. The molecular weight excluding hydrogens is 326 g/mol. The van der Waals surface area contributed by atoms with E-state index < -0.39 is 19.7 Å². The number of benzene rings is 1. The molecule has 1 atom stereocenters. The summed E-state index contributed by atoms with van der Waals surface area (Å²) in [7, 11) is -6.97. The number of hydrogen-bond donors (Lipinski definition) is 1. The van der Waals surface area contributed by atoms with E-state index in [2.05, 4.69) is 5.32 Å². The molecule has 0 saturated carbocycles. The molecule has 1 aliphatic heterocycles. The Balaban J connectivity index is 2.19. The minimum absolute atomic E-state index is 0.00222. The van der Waals surface area contributed by atoms with Crippen molar-refractivity contribution in [1.29, 1.82) is 0 Å². The zero-order valence-electron chi connectivity index (χ0n) is 12.7. The Bertz CT molecular complexity index is 734. The molecule has 1 aliphatic rings. The van der Waals surface area contributed by atoms with Crippen molar-refractivity contribution in [3.05, 3.63) is 18.2 Å². The van der Waals surface area contributed by atoms with Gasteiger partial charge in [0.15, 0.2) is 19.7 Å². The van der Waals surface area contributed by atoms with Gasteiger partial charge >= 0.3 is 0 Å². The molecule has 0 bridgehead atoms. The van der Waals surface area contributed by atoms with Gasteiger partial charge < -0.3 is 10.1 Å². The number of rotatable bonds is 6. The maximum atomic E-state index is 11.9. The largest absolute Gasteiger partial charge is 0.384 e. The molecule has 22 heavy (non-hydrogen) atoms. The van der Waals surface area contributed by atoms with Crippen molar-refractivity contribution in [2.24, 2.45) is 0 Å². The number of anilines is 1. The summed E-state index contributed by atoms with van der Waals surface area (Å²) in [6.07, 6.45) is 5.20. The molecule has 1 fully saturated rings. The molecule has 0 aromatic heterocycles. The van der Waals surface area contributed by atoms with Gasteiger partial charge in [-0.15, -0.1) is 0 Å². The van der Waals surface area contributed by atoms with Gasteiger partial charge in [-0.05, 0) is 37.5 Å². The van der Waals surface area contributed by atoms with Crippen LogP contribution in [0.5, 0.6) is 0 Å². The summed E-state index contributed by atoms with van der Waals surface area (Å²) in [4.78, 5) is 0.000339. The average Bonchev–Trinajstić information content (AvgIpc) is 2.89. The second-order valence-corrected chi connectivity index (χ2v) is 9.55. The van der Waals surface area contributed by atoms with Crippen LogP contribution in [0.25, 0.3) is 0 Å². The minimum atomic E-state index is -3.52. The summed E-state index contributed by atoms with van der Waals surface area (Å²) in [5.41, 5.74) is 0.424. The van der Waals surface area contributed by atoms with E-state index in [1.54, 1.807) is 0 Å². The predicted molar refractivity (Wildman–Crippen MR) is 84.7 cm³/mol. The van der Waals surface area contributed by atoms with E-state index in [1.165, 1.54) is 18.2 Å². The lowest BCUT2D eigenvalue weighted by Gasteiger charge is -2.14. The average molecular weight is 347 g/mol. The molecule has 1 N–H and O–H groups in total. The van der Waals surface area contributed by atoms with E-state index >= 15 is 0 Å². The summed E-state index contributed by atoms with van der Waals surface area (Å²) in [6, 6.07) is 4.12. The van der Waals surface area contributed by atoms with Crippen molar-refractivity contribution in [3.8, 4) is 0 Å². The van der Waals surface area contributed by atoms with Gasteiger partial charge in [-0.25, -0.2) is 16.8 Å². The first-order chi connectivity index (χ1) is 10.2. The molecule has 124 valence electrons. The first kappa shape index (κ1) is 17.2. The topological polar surface area (TPSA) is 89.5 Å². The summed E-state index contributed by atoms with van der Waals surface area (Å²) in [6.45, 7) is 1.35. The summed E-state index contributed by atoms with van der Waals surface area (Å²) < 4.78 is 52.5. The van der Waals surface area contributed by atoms with Crippen LogP contribution in [0.1, 0.15) is 19.3 Å². The number of sulfone groups is 2. The van der Waals surface area contributed by atoms with Gasteiger partial charge in [0, 0.05) is 25.7 Å². The molecule has 8 heteroatoms. The van der Waals surface area contributed by atoms with E-state index in [9.17, 15) is 16.8 Å². The van der Waals surface area contributed by atoms with E-state index in [0.717, 1.165) is 38.4 Å². The monoisotopic (exact) mass is 347 g/mol. The maximum Gasteiger partial charge on any atom is 0.177 e. The zero-order valence-corrected chi connectivity index (χ0v) is 14.3. The van der Waals surface area contributed by atoms with Crippen molar-refractivity contribution in [3.63, 3.8) is 0 Å². The Kier molecular flexibility index (Phi) is 5.14. The Hall–Kier alpha value is -1.12. The van der Waals surface area contributed by atoms with Gasteiger partial charge in [0.2, 0.25) is 0 Å². The minimum Gasteiger partial charge on any atom is -0.384 e. The van der Waals surface area contributed by atoms with Crippen LogP contribution in [0.4, 0.5) is 5.69 Å². The second kappa shape index (κ2) is 6.55. The predicted octanol–water partition coefficient (Wildman–Crippen LogP) is 1.47. The van der Waals surface area contributed by atoms with Crippen LogP contribution in [0.15, 0.2) is 28.0 Å².